The molecule has 3 aromatic rings. The fourth-order valence-corrected chi connectivity index (χ4v) is 2.40. The van der Waals surface area contributed by atoms with Crippen LogP contribution in [0.4, 0.5) is 0 Å². The topological polar surface area (TPSA) is 56.7 Å². The Morgan fingerprint density at radius 2 is 1.95 bits per heavy atom. The van der Waals surface area contributed by atoms with Gasteiger partial charge in [0.2, 0.25) is 0 Å². The number of rotatable bonds is 3. The smallest absolute Gasteiger partial charge is 0.0845 e. The van der Waals surface area contributed by atoms with E-state index in [1.165, 1.54) is 10.8 Å². The standard InChI is InChI=1S/C15H16N4/c1-19-10-12(17-18-19)9-15(16)14-8-4-6-11-5-2-3-7-13(11)14/h2-8,10,15H,9,16H2,1H3. The summed E-state index contributed by atoms with van der Waals surface area (Å²) in [6, 6.07) is 14.5. The highest BCUT2D eigenvalue weighted by Gasteiger charge is 2.12. The average molecular weight is 252 g/mol. The number of benzene rings is 2. The summed E-state index contributed by atoms with van der Waals surface area (Å²) in [6.45, 7) is 0. The first-order valence-corrected chi connectivity index (χ1v) is 6.32. The van der Waals surface area contributed by atoms with E-state index in [-0.39, 0.29) is 6.04 Å². The van der Waals surface area contributed by atoms with Crippen LogP contribution in [0.5, 0.6) is 0 Å². The highest BCUT2D eigenvalue weighted by molar-refractivity contribution is 5.86. The highest BCUT2D eigenvalue weighted by atomic mass is 15.4. The molecular formula is C15H16N4. The lowest BCUT2D eigenvalue weighted by Crippen LogP contribution is -2.14. The monoisotopic (exact) mass is 252 g/mol. The number of aromatic nitrogens is 3. The van der Waals surface area contributed by atoms with Crippen molar-refractivity contribution in [1.82, 2.24) is 15.0 Å². The molecule has 0 aliphatic rings. The largest absolute Gasteiger partial charge is 0.324 e. The maximum atomic E-state index is 6.33. The second-order valence-electron chi connectivity index (χ2n) is 4.76. The number of hydrogen-bond donors (Lipinski definition) is 1. The molecule has 2 N–H and O–H groups in total. The van der Waals surface area contributed by atoms with Gasteiger partial charge in [0, 0.05) is 25.7 Å². The fraction of sp³-hybridized carbons (Fsp3) is 0.200. The minimum absolute atomic E-state index is 0.0669. The van der Waals surface area contributed by atoms with Crippen molar-refractivity contribution in [3.63, 3.8) is 0 Å². The van der Waals surface area contributed by atoms with Gasteiger partial charge in [-0.15, -0.1) is 5.10 Å². The molecule has 3 rings (SSSR count). The summed E-state index contributed by atoms with van der Waals surface area (Å²) in [6.07, 6.45) is 2.60. The Hall–Kier alpha value is -2.20. The van der Waals surface area contributed by atoms with Crippen LogP contribution >= 0.6 is 0 Å². The SMILES string of the molecule is Cn1cc(CC(N)c2cccc3ccccc23)nn1. The van der Waals surface area contributed by atoms with Crippen LogP contribution in [-0.2, 0) is 13.5 Å². The van der Waals surface area contributed by atoms with Crippen LogP contribution in [0, 0.1) is 0 Å². The molecule has 0 bridgehead atoms. The maximum Gasteiger partial charge on any atom is 0.0845 e. The second kappa shape index (κ2) is 4.82. The summed E-state index contributed by atoms with van der Waals surface area (Å²) in [4.78, 5) is 0. The van der Waals surface area contributed by atoms with Gasteiger partial charge in [-0.2, -0.15) is 0 Å². The molecule has 1 heterocycles. The van der Waals surface area contributed by atoms with E-state index < -0.39 is 0 Å². The first-order chi connectivity index (χ1) is 9.24. The lowest BCUT2D eigenvalue weighted by Gasteiger charge is -2.13. The third kappa shape index (κ3) is 2.35. The molecule has 4 nitrogen and oxygen atoms in total. The van der Waals surface area contributed by atoms with Crippen molar-refractivity contribution in [3.05, 3.63) is 59.9 Å². The molecule has 0 saturated carbocycles. The molecule has 2 aromatic carbocycles. The summed E-state index contributed by atoms with van der Waals surface area (Å²) in [5, 5.41) is 10.5. The van der Waals surface area contributed by atoms with Gasteiger partial charge in [-0.1, -0.05) is 47.7 Å². The Kier molecular flexibility index (Phi) is 3.01. The van der Waals surface area contributed by atoms with E-state index in [4.69, 9.17) is 5.73 Å². The number of nitrogens with zero attached hydrogens (tertiary/aromatic N) is 3. The van der Waals surface area contributed by atoms with Crippen molar-refractivity contribution in [3.8, 4) is 0 Å². The lowest BCUT2D eigenvalue weighted by atomic mass is 9.96. The third-order valence-electron chi connectivity index (χ3n) is 3.30. The van der Waals surface area contributed by atoms with Gasteiger partial charge in [-0.3, -0.25) is 4.68 Å². The molecule has 0 aliphatic carbocycles. The van der Waals surface area contributed by atoms with Crippen molar-refractivity contribution < 1.29 is 0 Å². The second-order valence-corrected chi connectivity index (χ2v) is 4.76. The van der Waals surface area contributed by atoms with Crippen molar-refractivity contribution in [2.75, 3.05) is 0 Å². The van der Waals surface area contributed by atoms with Crippen LogP contribution in [0.15, 0.2) is 48.7 Å². The van der Waals surface area contributed by atoms with Crippen LogP contribution in [0.1, 0.15) is 17.3 Å². The van der Waals surface area contributed by atoms with Crippen molar-refractivity contribution in [2.45, 2.75) is 12.5 Å². The van der Waals surface area contributed by atoms with Crippen molar-refractivity contribution >= 4 is 10.8 Å². The van der Waals surface area contributed by atoms with Crippen LogP contribution in [0.25, 0.3) is 10.8 Å². The van der Waals surface area contributed by atoms with Gasteiger partial charge in [0.25, 0.3) is 0 Å². The number of aryl methyl sites for hydroxylation is 1. The van der Waals surface area contributed by atoms with Crippen LogP contribution in [0.2, 0.25) is 0 Å². The highest BCUT2D eigenvalue weighted by Crippen LogP contribution is 2.24. The van der Waals surface area contributed by atoms with Crippen LogP contribution in [0.3, 0.4) is 0 Å². The van der Waals surface area contributed by atoms with Crippen molar-refractivity contribution in [2.24, 2.45) is 12.8 Å². The molecule has 96 valence electrons. The molecule has 19 heavy (non-hydrogen) atoms. The van der Waals surface area contributed by atoms with E-state index >= 15 is 0 Å². The molecule has 0 radical (unpaired) electrons. The summed E-state index contributed by atoms with van der Waals surface area (Å²) >= 11 is 0. The molecule has 0 amide bonds. The Balaban J connectivity index is 1.95. The van der Waals surface area contributed by atoms with Crippen LogP contribution in [-0.4, -0.2) is 15.0 Å². The van der Waals surface area contributed by atoms with Gasteiger partial charge in [0.15, 0.2) is 0 Å². The average Bonchev–Trinajstić information content (AvgIpc) is 2.83. The van der Waals surface area contributed by atoms with Gasteiger partial charge in [0.05, 0.1) is 5.69 Å². The molecule has 1 atom stereocenters. The van der Waals surface area contributed by atoms with Crippen molar-refractivity contribution in [1.29, 1.82) is 0 Å². The first-order valence-electron chi connectivity index (χ1n) is 6.32. The zero-order valence-corrected chi connectivity index (χ0v) is 10.8. The Bertz CT molecular complexity index is 697. The molecular weight excluding hydrogens is 236 g/mol. The summed E-state index contributed by atoms with van der Waals surface area (Å²) in [7, 11) is 1.86. The molecule has 0 saturated heterocycles. The predicted octanol–water partition coefficient (Wildman–Crippen LogP) is 2.21. The molecule has 1 aromatic heterocycles. The molecule has 4 heteroatoms. The van der Waals surface area contributed by atoms with Gasteiger partial charge in [0.1, 0.15) is 0 Å². The van der Waals surface area contributed by atoms with E-state index in [1.807, 2.05) is 31.4 Å². The maximum absolute atomic E-state index is 6.33. The normalized spacial score (nSPS) is 12.7. The lowest BCUT2D eigenvalue weighted by molar-refractivity contribution is 0.697. The number of hydrogen-bond acceptors (Lipinski definition) is 3. The Morgan fingerprint density at radius 3 is 2.74 bits per heavy atom. The molecule has 1 unspecified atom stereocenters. The number of nitrogens with two attached hydrogens (primary N) is 1. The Morgan fingerprint density at radius 1 is 1.16 bits per heavy atom. The zero-order valence-electron chi connectivity index (χ0n) is 10.8. The van der Waals surface area contributed by atoms with Gasteiger partial charge >= 0.3 is 0 Å². The quantitative estimate of drug-likeness (QED) is 0.777. The van der Waals surface area contributed by atoms with E-state index in [1.54, 1.807) is 4.68 Å². The summed E-state index contributed by atoms with van der Waals surface area (Å²) < 4.78 is 1.70. The van der Waals surface area contributed by atoms with E-state index in [9.17, 15) is 0 Å². The predicted molar refractivity (Wildman–Crippen MR) is 75.6 cm³/mol. The molecule has 0 aliphatic heterocycles. The summed E-state index contributed by atoms with van der Waals surface area (Å²) in [5.41, 5.74) is 8.40. The molecule has 0 fully saturated rings. The Labute approximate surface area is 111 Å². The van der Waals surface area contributed by atoms with Gasteiger partial charge < -0.3 is 5.73 Å². The van der Waals surface area contributed by atoms with Gasteiger partial charge in [-0.25, -0.2) is 0 Å². The van der Waals surface area contributed by atoms with Gasteiger partial charge in [-0.05, 0) is 16.3 Å². The third-order valence-corrected chi connectivity index (χ3v) is 3.30. The zero-order chi connectivity index (χ0) is 13.2. The van der Waals surface area contributed by atoms with E-state index in [2.05, 4.69) is 34.6 Å². The minimum atomic E-state index is -0.0669. The molecule has 0 spiro atoms. The number of fused-ring (bicyclic) bond motifs is 1. The van der Waals surface area contributed by atoms with E-state index in [0.717, 1.165) is 11.3 Å². The van der Waals surface area contributed by atoms with E-state index in [0.29, 0.717) is 6.42 Å². The fourth-order valence-electron chi connectivity index (χ4n) is 2.40. The first kappa shape index (κ1) is 11.9. The summed E-state index contributed by atoms with van der Waals surface area (Å²) in [5.74, 6) is 0. The van der Waals surface area contributed by atoms with Crippen LogP contribution < -0.4 is 5.73 Å². The minimum Gasteiger partial charge on any atom is -0.324 e.